The average molecular weight is 365 g/mol. The zero-order chi connectivity index (χ0) is 18.5. The van der Waals surface area contributed by atoms with Crippen LogP contribution in [0.1, 0.15) is 12.0 Å². The number of hydrogen-bond donors (Lipinski definition) is 2. The molecule has 2 aromatic carbocycles. The van der Waals surface area contributed by atoms with Crippen LogP contribution in [0.5, 0.6) is 11.5 Å². The number of likely N-dealkylation sites (tertiary alicyclic amines) is 1. The first-order valence-electron chi connectivity index (χ1n) is 8.41. The van der Waals surface area contributed by atoms with Crippen molar-refractivity contribution in [2.45, 2.75) is 25.4 Å². The van der Waals surface area contributed by atoms with E-state index in [9.17, 15) is 13.9 Å². The van der Waals surface area contributed by atoms with Crippen LogP contribution in [0.2, 0.25) is 0 Å². The van der Waals surface area contributed by atoms with Crippen molar-refractivity contribution in [3.05, 3.63) is 59.7 Å². The Bertz CT molecular complexity index is 726. The monoisotopic (exact) mass is 365 g/mol. The van der Waals surface area contributed by atoms with Gasteiger partial charge in [0.2, 0.25) is 0 Å². The molecule has 1 saturated heterocycles. The van der Waals surface area contributed by atoms with Gasteiger partial charge < -0.3 is 19.7 Å². The molecule has 0 bridgehead atoms. The SMILES string of the molecule is OCc1ccc(OCC(O)N2CCC(Oc3cc(F)ccc3F)C2)cc1. The molecule has 5 nitrogen and oxygen atoms in total. The van der Waals surface area contributed by atoms with Gasteiger partial charge in [0.1, 0.15) is 30.5 Å². The van der Waals surface area contributed by atoms with Crippen LogP contribution >= 0.6 is 0 Å². The fourth-order valence-corrected chi connectivity index (χ4v) is 2.84. The molecule has 0 radical (unpaired) electrons. The van der Waals surface area contributed by atoms with E-state index in [1.807, 2.05) is 0 Å². The van der Waals surface area contributed by atoms with Crippen LogP contribution in [0.15, 0.2) is 42.5 Å². The number of nitrogens with zero attached hydrogens (tertiary/aromatic N) is 1. The highest BCUT2D eigenvalue weighted by atomic mass is 19.1. The summed E-state index contributed by atoms with van der Waals surface area (Å²) in [6, 6.07) is 10.0. The highest BCUT2D eigenvalue weighted by molar-refractivity contribution is 5.27. The highest BCUT2D eigenvalue weighted by Gasteiger charge is 2.29. The molecule has 1 fully saturated rings. The van der Waals surface area contributed by atoms with Crippen molar-refractivity contribution >= 4 is 0 Å². The van der Waals surface area contributed by atoms with Gasteiger partial charge in [0.25, 0.3) is 0 Å². The lowest BCUT2D eigenvalue weighted by atomic mass is 10.2. The predicted molar refractivity (Wildman–Crippen MR) is 90.8 cm³/mol. The van der Waals surface area contributed by atoms with Gasteiger partial charge in [0, 0.05) is 19.2 Å². The molecule has 3 rings (SSSR count). The molecule has 2 N–H and O–H groups in total. The molecule has 140 valence electrons. The first-order valence-corrected chi connectivity index (χ1v) is 8.41. The molecular formula is C19H21F2NO4. The zero-order valence-corrected chi connectivity index (χ0v) is 14.1. The molecule has 7 heteroatoms. The van der Waals surface area contributed by atoms with Gasteiger partial charge in [-0.15, -0.1) is 0 Å². The number of hydrogen-bond acceptors (Lipinski definition) is 5. The number of rotatable bonds is 7. The molecule has 1 aliphatic heterocycles. The Kier molecular flexibility index (Phi) is 6.03. The number of aliphatic hydroxyl groups excluding tert-OH is 2. The van der Waals surface area contributed by atoms with Crippen LogP contribution in [0, 0.1) is 11.6 Å². The molecule has 0 spiro atoms. The summed E-state index contributed by atoms with van der Waals surface area (Å²) in [5.74, 6) is -0.696. The Morgan fingerprint density at radius 3 is 2.65 bits per heavy atom. The van der Waals surface area contributed by atoms with E-state index >= 15 is 0 Å². The summed E-state index contributed by atoms with van der Waals surface area (Å²) < 4.78 is 37.9. The number of aliphatic hydroxyl groups is 2. The molecule has 0 aliphatic carbocycles. The predicted octanol–water partition coefficient (Wildman–Crippen LogP) is 2.31. The zero-order valence-electron chi connectivity index (χ0n) is 14.1. The Balaban J connectivity index is 1.48. The summed E-state index contributed by atoms with van der Waals surface area (Å²) in [4.78, 5) is 1.77. The van der Waals surface area contributed by atoms with Crippen molar-refractivity contribution < 1.29 is 28.5 Å². The van der Waals surface area contributed by atoms with E-state index in [2.05, 4.69) is 0 Å². The van der Waals surface area contributed by atoms with E-state index in [1.54, 1.807) is 29.2 Å². The molecule has 0 aromatic heterocycles. The van der Waals surface area contributed by atoms with E-state index < -0.39 is 17.9 Å². The maximum atomic E-state index is 13.7. The molecule has 0 saturated carbocycles. The van der Waals surface area contributed by atoms with E-state index in [1.165, 1.54) is 0 Å². The van der Waals surface area contributed by atoms with Crippen molar-refractivity contribution in [1.82, 2.24) is 4.90 Å². The van der Waals surface area contributed by atoms with Crippen LogP contribution in [-0.4, -0.2) is 47.1 Å². The van der Waals surface area contributed by atoms with E-state index in [0.29, 0.717) is 25.3 Å². The van der Waals surface area contributed by atoms with Crippen LogP contribution in [-0.2, 0) is 6.61 Å². The third-order valence-corrected chi connectivity index (χ3v) is 4.29. The lowest BCUT2D eigenvalue weighted by Crippen LogP contribution is -2.38. The topological polar surface area (TPSA) is 62.2 Å². The van der Waals surface area contributed by atoms with E-state index in [0.717, 1.165) is 23.8 Å². The van der Waals surface area contributed by atoms with Gasteiger partial charge in [-0.2, -0.15) is 0 Å². The van der Waals surface area contributed by atoms with Crippen molar-refractivity contribution in [2.75, 3.05) is 19.7 Å². The van der Waals surface area contributed by atoms with Crippen LogP contribution in [0.3, 0.4) is 0 Å². The summed E-state index contributed by atoms with van der Waals surface area (Å²) in [6.07, 6.45) is -0.568. The normalized spacial score (nSPS) is 18.7. The summed E-state index contributed by atoms with van der Waals surface area (Å²) in [5, 5.41) is 19.3. The Hall–Kier alpha value is -2.22. The lowest BCUT2D eigenvalue weighted by molar-refractivity contribution is -0.0191. The van der Waals surface area contributed by atoms with Crippen LogP contribution in [0.4, 0.5) is 8.78 Å². The van der Waals surface area contributed by atoms with Gasteiger partial charge in [0.15, 0.2) is 11.6 Å². The van der Waals surface area contributed by atoms with E-state index in [-0.39, 0.29) is 25.1 Å². The molecule has 0 amide bonds. The lowest BCUT2D eigenvalue weighted by Gasteiger charge is -2.23. The first-order chi connectivity index (χ1) is 12.5. The molecule has 2 aromatic rings. The number of ether oxygens (including phenoxy) is 2. The fourth-order valence-electron chi connectivity index (χ4n) is 2.84. The third kappa shape index (κ3) is 4.69. The minimum absolute atomic E-state index is 0.0377. The highest BCUT2D eigenvalue weighted by Crippen LogP contribution is 2.23. The van der Waals surface area contributed by atoms with Crippen molar-refractivity contribution in [3.63, 3.8) is 0 Å². The van der Waals surface area contributed by atoms with Gasteiger partial charge >= 0.3 is 0 Å². The molecule has 1 heterocycles. The van der Waals surface area contributed by atoms with Crippen LogP contribution in [0.25, 0.3) is 0 Å². The minimum Gasteiger partial charge on any atom is -0.489 e. The molecular weight excluding hydrogens is 344 g/mol. The van der Waals surface area contributed by atoms with E-state index in [4.69, 9.17) is 14.6 Å². The van der Waals surface area contributed by atoms with Gasteiger partial charge in [-0.25, -0.2) is 8.78 Å². The molecule has 1 aliphatic rings. The van der Waals surface area contributed by atoms with Crippen molar-refractivity contribution in [3.8, 4) is 11.5 Å². The molecule has 2 atom stereocenters. The van der Waals surface area contributed by atoms with Crippen molar-refractivity contribution in [2.24, 2.45) is 0 Å². The maximum Gasteiger partial charge on any atom is 0.165 e. The summed E-state index contributed by atoms with van der Waals surface area (Å²) in [7, 11) is 0. The summed E-state index contributed by atoms with van der Waals surface area (Å²) >= 11 is 0. The first kappa shape index (κ1) is 18.6. The second-order valence-electron chi connectivity index (χ2n) is 6.19. The van der Waals surface area contributed by atoms with Crippen LogP contribution < -0.4 is 9.47 Å². The quantitative estimate of drug-likeness (QED) is 0.789. The fraction of sp³-hybridized carbons (Fsp3) is 0.368. The molecule has 26 heavy (non-hydrogen) atoms. The Labute approximate surface area is 150 Å². The van der Waals surface area contributed by atoms with Gasteiger partial charge in [-0.3, -0.25) is 4.90 Å². The molecule has 2 unspecified atom stereocenters. The van der Waals surface area contributed by atoms with Gasteiger partial charge in [0.05, 0.1) is 6.61 Å². The second kappa shape index (κ2) is 8.44. The number of benzene rings is 2. The maximum absolute atomic E-state index is 13.7. The smallest absolute Gasteiger partial charge is 0.165 e. The third-order valence-electron chi connectivity index (χ3n) is 4.29. The summed E-state index contributed by atoms with van der Waals surface area (Å²) in [6.45, 7) is 0.989. The van der Waals surface area contributed by atoms with Crippen molar-refractivity contribution in [1.29, 1.82) is 0 Å². The second-order valence-corrected chi connectivity index (χ2v) is 6.19. The largest absolute Gasteiger partial charge is 0.489 e. The average Bonchev–Trinajstić information content (AvgIpc) is 3.12. The Morgan fingerprint density at radius 2 is 1.92 bits per heavy atom. The van der Waals surface area contributed by atoms with Gasteiger partial charge in [-0.1, -0.05) is 12.1 Å². The standard InChI is InChI=1S/C19H21F2NO4/c20-14-3-6-17(21)18(9-14)26-16-7-8-22(10-16)19(24)12-25-15-4-1-13(11-23)2-5-15/h1-6,9,16,19,23-24H,7-8,10-12H2. The van der Waals surface area contributed by atoms with Gasteiger partial charge in [-0.05, 0) is 36.2 Å². The minimum atomic E-state index is -0.835. The number of halogens is 2. The Morgan fingerprint density at radius 1 is 1.15 bits per heavy atom. The summed E-state index contributed by atoms with van der Waals surface area (Å²) in [5.41, 5.74) is 0.780.